The van der Waals surface area contributed by atoms with E-state index < -0.39 is 6.04 Å². The van der Waals surface area contributed by atoms with E-state index in [1.807, 2.05) is 0 Å². The Morgan fingerprint density at radius 1 is 1.15 bits per heavy atom. The zero-order chi connectivity index (χ0) is 13.9. The van der Waals surface area contributed by atoms with Gasteiger partial charge in [-0.25, -0.2) is 0 Å². The number of anilines is 1. The quantitative estimate of drug-likeness (QED) is 0.837. The average molecular weight is 268 g/mol. The second-order valence-electron chi connectivity index (χ2n) is 4.34. The van der Waals surface area contributed by atoms with Crippen LogP contribution in [0.2, 0.25) is 0 Å². The van der Waals surface area contributed by atoms with Gasteiger partial charge in [0.25, 0.3) is 0 Å². The second kappa shape index (κ2) is 5.02. The molecule has 5 nitrogen and oxygen atoms in total. The molecule has 1 heterocycles. The Bertz CT molecular complexity index is 679. The van der Waals surface area contributed by atoms with E-state index in [9.17, 15) is 10.4 Å². The van der Waals surface area contributed by atoms with Crippen molar-refractivity contribution < 1.29 is 14.6 Å². The summed E-state index contributed by atoms with van der Waals surface area (Å²) >= 11 is 0. The van der Waals surface area contributed by atoms with E-state index in [-0.39, 0.29) is 12.5 Å². The van der Waals surface area contributed by atoms with Crippen molar-refractivity contribution in [1.82, 2.24) is 0 Å². The van der Waals surface area contributed by atoms with Gasteiger partial charge in [-0.2, -0.15) is 5.26 Å². The van der Waals surface area contributed by atoms with Gasteiger partial charge in [0.2, 0.25) is 6.79 Å². The number of hydrogen-bond donors (Lipinski definition) is 2. The highest BCUT2D eigenvalue weighted by molar-refractivity contribution is 5.58. The first-order chi connectivity index (χ1) is 9.78. The Balaban J connectivity index is 1.87. The van der Waals surface area contributed by atoms with Crippen molar-refractivity contribution in [3.63, 3.8) is 0 Å². The Hall–Kier alpha value is -2.87. The molecule has 5 heteroatoms. The van der Waals surface area contributed by atoms with Crippen LogP contribution in [0.15, 0.2) is 42.5 Å². The lowest BCUT2D eigenvalue weighted by atomic mass is 10.1. The standard InChI is InChI=1S/C15H12N2O3/c16-8-12(17-11-3-1-2-4-13(11)18)10-5-6-14-15(7-10)20-9-19-14/h1-7,12,17-18H,9H2/t12-/m0/s1. The van der Waals surface area contributed by atoms with Crippen LogP contribution in [0.3, 0.4) is 0 Å². The smallest absolute Gasteiger partial charge is 0.231 e. The summed E-state index contributed by atoms with van der Waals surface area (Å²) in [6.45, 7) is 0.197. The monoisotopic (exact) mass is 268 g/mol. The lowest BCUT2D eigenvalue weighted by Gasteiger charge is -2.14. The largest absolute Gasteiger partial charge is 0.506 e. The number of fused-ring (bicyclic) bond motifs is 1. The summed E-state index contributed by atoms with van der Waals surface area (Å²) in [5.41, 5.74) is 1.26. The molecule has 2 N–H and O–H groups in total. The molecule has 2 aromatic carbocycles. The zero-order valence-corrected chi connectivity index (χ0v) is 10.5. The molecule has 20 heavy (non-hydrogen) atoms. The molecule has 2 aromatic rings. The van der Waals surface area contributed by atoms with Gasteiger partial charge in [-0.3, -0.25) is 0 Å². The van der Waals surface area contributed by atoms with Crippen molar-refractivity contribution in [2.45, 2.75) is 6.04 Å². The molecule has 0 aromatic heterocycles. The minimum atomic E-state index is -0.585. The Morgan fingerprint density at radius 2 is 1.95 bits per heavy atom. The van der Waals surface area contributed by atoms with Crippen molar-refractivity contribution in [3.05, 3.63) is 48.0 Å². The lowest BCUT2D eigenvalue weighted by Crippen LogP contribution is -2.08. The van der Waals surface area contributed by atoms with Gasteiger partial charge in [0.05, 0.1) is 11.8 Å². The molecule has 0 fully saturated rings. The van der Waals surface area contributed by atoms with Crippen molar-refractivity contribution in [2.75, 3.05) is 12.1 Å². The number of phenols is 1. The molecular formula is C15H12N2O3. The molecule has 0 unspecified atom stereocenters. The minimum absolute atomic E-state index is 0.105. The third-order valence-corrected chi connectivity index (χ3v) is 3.06. The number of nitrogens with zero attached hydrogens (tertiary/aromatic N) is 1. The van der Waals surface area contributed by atoms with Gasteiger partial charge in [-0.1, -0.05) is 18.2 Å². The van der Waals surface area contributed by atoms with E-state index >= 15 is 0 Å². The minimum Gasteiger partial charge on any atom is -0.506 e. The first-order valence-corrected chi connectivity index (χ1v) is 6.11. The highest BCUT2D eigenvalue weighted by atomic mass is 16.7. The fourth-order valence-electron chi connectivity index (χ4n) is 2.03. The summed E-state index contributed by atoms with van der Waals surface area (Å²) in [4.78, 5) is 0. The number of nitrogens with one attached hydrogen (secondary N) is 1. The summed E-state index contributed by atoms with van der Waals surface area (Å²) < 4.78 is 10.5. The molecule has 0 spiro atoms. The molecule has 100 valence electrons. The average Bonchev–Trinajstić information content (AvgIpc) is 2.94. The number of hydrogen-bond acceptors (Lipinski definition) is 5. The maximum Gasteiger partial charge on any atom is 0.231 e. The van der Waals surface area contributed by atoms with Crippen LogP contribution >= 0.6 is 0 Å². The SMILES string of the molecule is N#C[C@H](Nc1ccccc1O)c1ccc2c(c1)OCO2. The zero-order valence-electron chi connectivity index (χ0n) is 10.5. The van der Waals surface area contributed by atoms with Gasteiger partial charge in [-0.05, 0) is 29.8 Å². The van der Waals surface area contributed by atoms with Gasteiger partial charge in [0, 0.05) is 0 Å². The lowest BCUT2D eigenvalue weighted by molar-refractivity contribution is 0.174. The molecule has 0 aliphatic carbocycles. The van der Waals surface area contributed by atoms with Gasteiger partial charge < -0.3 is 19.9 Å². The van der Waals surface area contributed by atoms with Crippen molar-refractivity contribution in [1.29, 1.82) is 5.26 Å². The van der Waals surface area contributed by atoms with Crippen molar-refractivity contribution >= 4 is 5.69 Å². The summed E-state index contributed by atoms with van der Waals surface area (Å²) in [5, 5.41) is 22.1. The second-order valence-corrected chi connectivity index (χ2v) is 4.34. The topological polar surface area (TPSA) is 74.5 Å². The molecule has 0 radical (unpaired) electrons. The summed E-state index contributed by atoms with van der Waals surface area (Å²) in [5.74, 6) is 1.41. The van der Waals surface area contributed by atoms with Gasteiger partial charge in [0.1, 0.15) is 11.8 Å². The normalized spacial score (nSPS) is 13.6. The van der Waals surface area contributed by atoms with E-state index in [0.29, 0.717) is 17.2 Å². The van der Waals surface area contributed by atoms with E-state index in [0.717, 1.165) is 5.56 Å². The molecule has 0 bridgehead atoms. The van der Waals surface area contributed by atoms with Crippen LogP contribution in [0.1, 0.15) is 11.6 Å². The predicted molar refractivity (Wildman–Crippen MR) is 72.6 cm³/mol. The molecule has 0 amide bonds. The summed E-state index contributed by atoms with van der Waals surface area (Å²) in [6.07, 6.45) is 0. The first kappa shape index (κ1) is 12.2. The van der Waals surface area contributed by atoms with Gasteiger partial charge >= 0.3 is 0 Å². The third kappa shape index (κ3) is 2.19. The van der Waals surface area contributed by atoms with E-state index in [1.54, 1.807) is 42.5 Å². The van der Waals surface area contributed by atoms with Crippen LogP contribution in [0, 0.1) is 11.3 Å². The number of phenolic OH excluding ortho intramolecular Hbond substituents is 1. The van der Waals surface area contributed by atoms with Gasteiger partial charge in [-0.15, -0.1) is 0 Å². The van der Waals surface area contributed by atoms with Crippen LogP contribution in [-0.2, 0) is 0 Å². The molecule has 0 saturated heterocycles. The van der Waals surface area contributed by atoms with E-state index in [2.05, 4.69) is 11.4 Å². The number of ether oxygens (including phenoxy) is 2. The van der Waals surface area contributed by atoms with Crippen LogP contribution in [0.25, 0.3) is 0 Å². The highest BCUT2D eigenvalue weighted by Gasteiger charge is 2.18. The number of para-hydroxylation sites is 2. The summed E-state index contributed by atoms with van der Waals surface area (Å²) in [7, 11) is 0. The fraction of sp³-hybridized carbons (Fsp3) is 0.133. The predicted octanol–water partition coefficient (Wildman–Crippen LogP) is 2.80. The molecule has 1 atom stereocenters. The molecule has 3 rings (SSSR count). The van der Waals surface area contributed by atoms with Crippen LogP contribution in [0.4, 0.5) is 5.69 Å². The van der Waals surface area contributed by atoms with Gasteiger partial charge in [0.15, 0.2) is 11.5 Å². The maximum atomic E-state index is 9.74. The third-order valence-electron chi connectivity index (χ3n) is 3.06. The Labute approximate surface area is 116 Å². The number of rotatable bonds is 3. The van der Waals surface area contributed by atoms with E-state index in [4.69, 9.17) is 9.47 Å². The Morgan fingerprint density at radius 3 is 2.75 bits per heavy atom. The van der Waals surface area contributed by atoms with Crippen molar-refractivity contribution in [2.24, 2.45) is 0 Å². The Kier molecular flexibility index (Phi) is 3.05. The summed E-state index contributed by atoms with van der Waals surface area (Å²) in [6, 6.07) is 13.7. The molecular weight excluding hydrogens is 256 g/mol. The highest BCUT2D eigenvalue weighted by Crippen LogP contribution is 2.35. The number of aromatic hydroxyl groups is 1. The number of nitriles is 1. The fourth-order valence-corrected chi connectivity index (χ4v) is 2.03. The molecule has 1 aliphatic heterocycles. The molecule has 0 saturated carbocycles. The van der Waals surface area contributed by atoms with Crippen molar-refractivity contribution in [3.8, 4) is 23.3 Å². The van der Waals surface area contributed by atoms with E-state index in [1.165, 1.54) is 0 Å². The molecule has 1 aliphatic rings. The first-order valence-electron chi connectivity index (χ1n) is 6.11. The number of benzene rings is 2. The van der Waals surface area contributed by atoms with Crippen LogP contribution in [0.5, 0.6) is 17.2 Å². The maximum absolute atomic E-state index is 9.74. The van der Waals surface area contributed by atoms with Crippen LogP contribution < -0.4 is 14.8 Å². The van der Waals surface area contributed by atoms with Crippen LogP contribution in [-0.4, -0.2) is 11.9 Å².